The molecule has 3 aromatic rings. The first-order valence-electron chi connectivity index (χ1n) is 10.2. The first kappa shape index (κ1) is 20.3. The molecule has 1 aromatic carbocycles. The molecule has 2 aromatic heterocycles. The van der Waals surface area contributed by atoms with Crippen molar-refractivity contribution in [2.45, 2.75) is 32.1 Å². The van der Waals surface area contributed by atoms with Crippen LogP contribution < -0.4 is 0 Å². The van der Waals surface area contributed by atoms with Gasteiger partial charge in [-0.15, -0.1) is 16.4 Å². The Labute approximate surface area is 189 Å². The number of rotatable bonds is 6. The van der Waals surface area contributed by atoms with Crippen LogP contribution in [0.2, 0.25) is 5.02 Å². The van der Waals surface area contributed by atoms with E-state index in [1.54, 1.807) is 23.5 Å². The number of thiophene rings is 1. The van der Waals surface area contributed by atoms with Gasteiger partial charge in [0.2, 0.25) is 0 Å². The number of hydrogen-bond donors (Lipinski definition) is 0. The molecule has 9 heteroatoms. The van der Waals surface area contributed by atoms with E-state index in [2.05, 4.69) is 31.9 Å². The van der Waals surface area contributed by atoms with E-state index < -0.39 is 0 Å². The largest absolute Gasteiger partial charge is 0.296 e. The predicted molar refractivity (Wildman–Crippen MR) is 121 cm³/mol. The Kier molecular flexibility index (Phi) is 5.77. The molecule has 0 bridgehead atoms. The van der Waals surface area contributed by atoms with Crippen molar-refractivity contribution in [3.8, 4) is 10.7 Å². The highest BCUT2D eigenvalue weighted by Crippen LogP contribution is 2.39. The summed E-state index contributed by atoms with van der Waals surface area (Å²) in [6, 6.07) is 9.52. The van der Waals surface area contributed by atoms with Gasteiger partial charge in [-0.2, -0.15) is 0 Å². The number of nitrogens with zero attached hydrogens (tertiary/aromatic N) is 5. The van der Waals surface area contributed by atoms with Crippen LogP contribution in [0.4, 0.5) is 4.39 Å². The molecule has 0 amide bonds. The summed E-state index contributed by atoms with van der Waals surface area (Å²) >= 11 is 13.7. The molecule has 0 radical (unpaired) electrons. The smallest absolute Gasteiger partial charge is 0.199 e. The zero-order chi connectivity index (χ0) is 20.7. The Hall–Kier alpha value is -1.58. The highest BCUT2D eigenvalue weighted by molar-refractivity contribution is 7.71. The monoisotopic (exact) mass is 463 g/mol. The van der Waals surface area contributed by atoms with E-state index in [9.17, 15) is 4.39 Å². The van der Waals surface area contributed by atoms with Crippen LogP contribution >= 0.6 is 35.2 Å². The van der Waals surface area contributed by atoms with E-state index in [0.29, 0.717) is 29.8 Å². The van der Waals surface area contributed by atoms with Crippen molar-refractivity contribution < 1.29 is 4.39 Å². The molecule has 0 spiro atoms. The molecule has 2 fully saturated rings. The number of hydrogen-bond acceptors (Lipinski definition) is 5. The van der Waals surface area contributed by atoms with Crippen LogP contribution in [0.1, 0.15) is 24.4 Å². The summed E-state index contributed by atoms with van der Waals surface area (Å²) in [6.45, 7) is 4.72. The maximum atomic E-state index is 14.1. The van der Waals surface area contributed by atoms with Gasteiger partial charge in [-0.25, -0.2) is 9.07 Å². The highest BCUT2D eigenvalue weighted by Gasteiger charge is 2.30. The van der Waals surface area contributed by atoms with Crippen LogP contribution in [0.25, 0.3) is 10.7 Å². The van der Waals surface area contributed by atoms with Crippen molar-refractivity contribution >= 4 is 35.2 Å². The lowest BCUT2D eigenvalue weighted by Gasteiger charge is -2.34. The lowest BCUT2D eigenvalue weighted by molar-refractivity contribution is 0.0974. The van der Waals surface area contributed by atoms with Gasteiger partial charge in [-0.1, -0.05) is 23.7 Å². The molecule has 1 saturated heterocycles. The fourth-order valence-corrected chi connectivity index (χ4v) is 5.20. The minimum Gasteiger partial charge on any atom is -0.296 e. The van der Waals surface area contributed by atoms with E-state index >= 15 is 0 Å². The van der Waals surface area contributed by atoms with Gasteiger partial charge in [0.05, 0.1) is 11.5 Å². The van der Waals surface area contributed by atoms with Crippen molar-refractivity contribution in [2.75, 3.05) is 26.2 Å². The van der Waals surface area contributed by atoms with Gasteiger partial charge >= 0.3 is 0 Å². The first-order valence-corrected chi connectivity index (χ1v) is 11.9. The average molecular weight is 464 g/mol. The summed E-state index contributed by atoms with van der Waals surface area (Å²) in [6.07, 6.45) is 2.35. The summed E-state index contributed by atoms with van der Waals surface area (Å²) in [5.74, 6) is 0.758. The second-order valence-corrected chi connectivity index (χ2v) is 9.64. The van der Waals surface area contributed by atoms with E-state index in [4.69, 9.17) is 28.9 Å². The van der Waals surface area contributed by atoms with Crippen molar-refractivity contribution in [3.05, 3.63) is 56.9 Å². The summed E-state index contributed by atoms with van der Waals surface area (Å²) in [5, 5.41) is 7.46. The third-order valence-electron chi connectivity index (χ3n) is 5.77. The van der Waals surface area contributed by atoms with E-state index in [0.717, 1.165) is 36.8 Å². The summed E-state index contributed by atoms with van der Waals surface area (Å²) in [4.78, 5) is 5.77. The normalized spacial score (nSPS) is 18.2. The molecule has 0 unspecified atom stereocenters. The Morgan fingerprint density at radius 2 is 1.87 bits per heavy atom. The molecule has 3 heterocycles. The molecule has 1 aliphatic heterocycles. The molecule has 5 rings (SSSR count). The molecule has 1 saturated carbocycles. The van der Waals surface area contributed by atoms with Gasteiger partial charge in [0.25, 0.3) is 0 Å². The average Bonchev–Trinajstić information content (AvgIpc) is 3.31. The predicted octanol–water partition coefficient (Wildman–Crippen LogP) is 5.05. The van der Waals surface area contributed by atoms with Crippen LogP contribution in [0.5, 0.6) is 0 Å². The minimum absolute atomic E-state index is 0.233. The molecule has 0 atom stereocenters. The second kappa shape index (κ2) is 8.51. The van der Waals surface area contributed by atoms with Crippen molar-refractivity contribution in [3.63, 3.8) is 0 Å². The third-order valence-corrected chi connectivity index (χ3v) is 7.39. The van der Waals surface area contributed by atoms with Crippen LogP contribution in [-0.2, 0) is 13.2 Å². The zero-order valence-electron chi connectivity index (χ0n) is 16.5. The first-order chi connectivity index (χ1) is 14.6. The van der Waals surface area contributed by atoms with E-state index in [1.807, 2.05) is 4.68 Å². The van der Waals surface area contributed by atoms with E-state index in [1.165, 1.54) is 23.8 Å². The number of aromatic nitrogens is 3. The third kappa shape index (κ3) is 4.11. The number of benzene rings is 1. The van der Waals surface area contributed by atoms with E-state index in [-0.39, 0.29) is 5.82 Å². The fraction of sp³-hybridized carbons (Fsp3) is 0.429. The number of halogens is 2. The Balaban J connectivity index is 1.26. The minimum atomic E-state index is -0.233. The summed E-state index contributed by atoms with van der Waals surface area (Å²) in [7, 11) is 0. The standard InChI is InChI=1S/C21H23ClFN5S2/c22-17-3-1-4-18(23)16(17)13-25-8-10-26(11-9-25)14-27-21(29)28(15-6-7-15)20(24-27)19-5-2-12-30-19/h1-5,12,15H,6-11,13-14H2. The number of piperazine rings is 1. The van der Waals surface area contributed by atoms with Gasteiger partial charge < -0.3 is 0 Å². The van der Waals surface area contributed by atoms with Gasteiger partial charge in [-0.3, -0.25) is 14.4 Å². The lowest BCUT2D eigenvalue weighted by atomic mass is 10.2. The Morgan fingerprint density at radius 1 is 1.10 bits per heavy atom. The quantitative estimate of drug-likeness (QED) is 0.478. The van der Waals surface area contributed by atoms with Gasteiger partial charge in [0.15, 0.2) is 10.6 Å². The van der Waals surface area contributed by atoms with Gasteiger partial charge in [-0.05, 0) is 48.6 Å². The van der Waals surface area contributed by atoms with Crippen LogP contribution in [0.3, 0.4) is 0 Å². The Bertz CT molecular complexity index is 1060. The fourth-order valence-electron chi connectivity index (χ4n) is 3.93. The maximum Gasteiger partial charge on any atom is 0.199 e. The SMILES string of the molecule is Fc1cccc(Cl)c1CN1CCN(Cn2nc(-c3cccs3)n(C3CC3)c2=S)CC1. The molecule has 30 heavy (non-hydrogen) atoms. The highest BCUT2D eigenvalue weighted by atomic mass is 35.5. The van der Waals surface area contributed by atoms with Gasteiger partial charge in [0.1, 0.15) is 5.82 Å². The van der Waals surface area contributed by atoms with Crippen LogP contribution in [0.15, 0.2) is 35.7 Å². The lowest BCUT2D eigenvalue weighted by Crippen LogP contribution is -2.46. The maximum absolute atomic E-state index is 14.1. The molecular weight excluding hydrogens is 441 g/mol. The molecule has 158 valence electrons. The second-order valence-electron chi connectivity index (χ2n) is 7.92. The summed E-state index contributed by atoms with van der Waals surface area (Å²) in [5.41, 5.74) is 0.582. The zero-order valence-corrected chi connectivity index (χ0v) is 18.9. The topological polar surface area (TPSA) is 29.2 Å². The van der Waals surface area contributed by atoms with Crippen LogP contribution in [-0.4, -0.2) is 50.3 Å². The van der Waals surface area contributed by atoms with Gasteiger partial charge in [0, 0.05) is 49.4 Å². The molecular formula is C21H23ClFN5S2. The van der Waals surface area contributed by atoms with Crippen LogP contribution in [0, 0.1) is 10.6 Å². The molecule has 1 aliphatic carbocycles. The van der Waals surface area contributed by atoms with Crippen molar-refractivity contribution in [1.29, 1.82) is 0 Å². The molecule has 2 aliphatic rings. The molecule has 5 nitrogen and oxygen atoms in total. The van der Waals surface area contributed by atoms with Crippen molar-refractivity contribution in [2.24, 2.45) is 0 Å². The molecule has 0 N–H and O–H groups in total. The summed E-state index contributed by atoms with van der Waals surface area (Å²) < 4.78 is 19.1. The van der Waals surface area contributed by atoms with Crippen molar-refractivity contribution in [1.82, 2.24) is 24.1 Å². The Morgan fingerprint density at radius 3 is 2.53 bits per heavy atom.